The molecule has 1 heterocycles. The number of halogens is 3. The summed E-state index contributed by atoms with van der Waals surface area (Å²) in [4.78, 5) is 30.6. The summed E-state index contributed by atoms with van der Waals surface area (Å²) in [5, 5.41) is 0. The van der Waals surface area contributed by atoms with Crippen molar-refractivity contribution in [2.24, 2.45) is 0 Å². The number of hydrogen-bond acceptors (Lipinski definition) is 4. The van der Waals surface area contributed by atoms with Gasteiger partial charge in [-0.25, -0.2) is 0 Å². The van der Waals surface area contributed by atoms with Crippen LogP contribution in [0.3, 0.4) is 0 Å². The number of likely N-dealkylation sites (tertiary alicyclic amines) is 1. The number of benzene rings is 3. The third-order valence-corrected chi connectivity index (χ3v) is 8.79. The van der Waals surface area contributed by atoms with E-state index >= 15 is 0 Å². The number of ether oxygens (including phenoxy) is 1. The highest BCUT2D eigenvalue weighted by molar-refractivity contribution is 6.01. The third-order valence-electron chi connectivity index (χ3n) is 8.79. The van der Waals surface area contributed by atoms with E-state index in [-0.39, 0.29) is 23.3 Å². The largest absolute Gasteiger partial charge is 0.466 e. The molecule has 5 nitrogen and oxygen atoms in total. The van der Waals surface area contributed by atoms with Crippen LogP contribution in [0.2, 0.25) is 0 Å². The van der Waals surface area contributed by atoms with Crippen LogP contribution >= 0.6 is 0 Å². The fourth-order valence-corrected chi connectivity index (χ4v) is 6.34. The van der Waals surface area contributed by atoms with E-state index < -0.39 is 11.7 Å². The molecule has 3 aromatic carbocycles. The summed E-state index contributed by atoms with van der Waals surface area (Å²) >= 11 is 0. The van der Waals surface area contributed by atoms with Crippen LogP contribution in [-0.2, 0) is 21.1 Å². The highest BCUT2D eigenvalue weighted by Crippen LogP contribution is 2.34. The second kappa shape index (κ2) is 14.9. The van der Waals surface area contributed by atoms with Crippen molar-refractivity contribution in [2.45, 2.75) is 70.5 Å². The lowest BCUT2D eigenvalue weighted by atomic mass is 9.76. The molecule has 3 aromatic rings. The van der Waals surface area contributed by atoms with E-state index in [1.165, 1.54) is 12.1 Å². The van der Waals surface area contributed by atoms with E-state index in [2.05, 4.69) is 24.0 Å². The van der Waals surface area contributed by atoms with Gasteiger partial charge in [0.25, 0.3) is 5.91 Å². The van der Waals surface area contributed by atoms with Crippen LogP contribution in [0.15, 0.2) is 78.9 Å². The SMILES string of the molecule is CCOC(=O)CC(C)(CCCN1CCC(N(CC)C(=O)c2ccccc2-c2ccc(C(F)(F)F)cc2)CC1)c1ccccc1. The molecule has 1 atom stereocenters. The predicted molar refractivity (Wildman–Crippen MR) is 167 cm³/mol. The van der Waals surface area contributed by atoms with Gasteiger partial charge in [-0.05, 0) is 81.0 Å². The molecule has 0 spiro atoms. The number of amides is 1. The molecule has 1 aliphatic rings. The van der Waals surface area contributed by atoms with Crippen molar-refractivity contribution >= 4 is 11.9 Å². The van der Waals surface area contributed by atoms with Gasteiger partial charge in [-0.2, -0.15) is 13.2 Å². The smallest absolute Gasteiger partial charge is 0.416 e. The van der Waals surface area contributed by atoms with Crippen molar-refractivity contribution in [1.29, 1.82) is 0 Å². The first-order chi connectivity index (χ1) is 21.1. The van der Waals surface area contributed by atoms with Crippen molar-refractivity contribution in [1.82, 2.24) is 9.80 Å². The Morgan fingerprint density at radius 3 is 2.14 bits per heavy atom. The number of alkyl halides is 3. The van der Waals surface area contributed by atoms with Gasteiger partial charge in [-0.3, -0.25) is 9.59 Å². The summed E-state index contributed by atoms with van der Waals surface area (Å²) in [5.74, 6) is -0.275. The maximum Gasteiger partial charge on any atom is 0.416 e. The minimum Gasteiger partial charge on any atom is -0.466 e. The van der Waals surface area contributed by atoms with Gasteiger partial charge in [0.2, 0.25) is 0 Å². The van der Waals surface area contributed by atoms with Crippen molar-refractivity contribution in [3.8, 4) is 11.1 Å². The van der Waals surface area contributed by atoms with Gasteiger partial charge in [-0.1, -0.05) is 67.6 Å². The van der Waals surface area contributed by atoms with Crippen molar-refractivity contribution in [3.63, 3.8) is 0 Å². The Morgan fingerprint density at radius 2 is 1.52 bits per heavy atom. The molecule has 1 fully saturated rings. The van der Waals surface area contributed by atoms with E-state index in [1.807, 2.05) is 36.9 Å². The first-order valence-corrected chi connectivity index (χ1v) is 15.6. The maximum atomic E-state index is 13.8. The Labute approximate surface area is 259 Å². The summed E-state index contributed by atoms with van der Waals surface area (Å²) in [6.45, 7) is 9.51. The molecule has 236 valence electrons. The number of rotatable bonds is 12. The molecule has 0 saturated carbocycles. The summed E-state index contributed by atoms with van der Waals surface area (Å²) in [6, 6.07) is 22.4. The van der Waals surface area contributed by atoms with Crippen LogP contribution in [0.4, 0.5) is 13.2 Å². The second-order valence-electron chi connectivity index (χ2n) is 11.8. The van der Waals surface area contributed by atoms with Crippen LogP contribution in [0.25, 0.3) is 11.1 Å². The lowest BCUT2D eigenvalue weighted by molar-refractivity contribution is -0.144. The highest BCUT2D eigenvalue weighted by Gasteiger charge is 2.33. The molecule has 1 unspecified atom stereocenters. The van der Waals surface area contributed by atoms with Crippen LogP contribution in [0, 0.1) is 0 Å². The maximum absolute atomic E-state index is 13.8. The van der Waals surface area contributed by atoms with Crippen molar-refractivity contribution < 1.29 is 27.5 Å². The Hall–Kier alpha value is -3.65. The van der Waals surface area contributed by atoms with Crippen LogP contribution in [-0.4, -0.2) is 60.5 Å². The van der Waals surface area contributed by atoms with Gasteiger partial charge < -0.3 is 14.5 Å². The minimum atomic E-state index is -4.41. The molecule has 1 aliphatic heterocycles. The number of carbonyl (C=O) groups excluding carboxylic acids is 2. The summed E-state index contributed by atoms with van der Waals surface area (Å²) in [7, 11) is 0. The zero-order chi connectivity index (χ0) is 31.7. The van der Waals surface area contributed by atoms with Crippen LogP contribution in [0.5, 0.6) is 0 Å². The van der Waals surface area contributed by atoms with Gasteiger partial charge in [0.1, 0.15) is 0 Å². The van der Waals surface area contributed by atoms with Gasteiger partial charge in [0, 0.05) is 36.7 Å². The average molecular weight is 609 g/mol. The molecule has 0 bridgehead atoms. The number of hydrogen-bond donors (Lipinski definition) is 0. The molecular formula is C36H43F3N2O3. The molecule has 0 radical (unpaired) electrons. The van der Waals surface area contributed by atoms with E-state index in [9.17, 15) is 22.8 Å². The van der Waals surface area contributed by atoms with E-state index in [1.54, 1.807) is 24.3 Å². The number of carbonyl (C=O) groups is 2. The first-order valence-electron chi connectivity index (χ1n) is 15.6. The summed E-state index contributed by atoms with van der Waals surface area (Å²) in [6.07, 6.45) is -0.579. The van der Waals surface area contributed by atoms with E-state index in [0.717, 1.165) is 63.0 Å². The van der Waals surface area contributed by atoms with Gasteiger partial charge in [0.15, 0.2) is 0 Å². The molecular weight excluding hydrogens is 565 g/mol. The highest BCUT2D eigenvalue weighted by atomic mass is 19.4. The Balaban J connectivity index is 1.36. The molecule has 0 aromatic heterocycles. The summed E-state index contributed by atoms with van der Waals surface area (Å²) in [5.41, 5.74) is 1.83. The summed E-state index contributed by atoms with van der Waals surface area (Å²) < 4.78 is 44.6. The zero-order valence-electron chi connectivity index (χ0n) is 25.9. The quantitative estimate of drug-likeness (QED) is 0.196. The fourth-order valence-electron chi connectivity index (χ4n) is 6.34. The Morgan fingerprint density at radius 1 is 0.886 bits per heavy atom. The van der Waals surface area contributed by atoms with Crippen molar-refractivity contribution in [3.05, 3.63) is 95.6 Å². The molecule has 8 heteroatoms. The van der Waals surface area contributed by atoms with Gasteiger partial charge >= 0.3 is 12.1 Å². The predicted octanol–water partition coefficient (Wildman–Crippen LogP) is 7.99. The van der Waals surface area contributed by atoms with Crippen molar-refractivity contribution in [2.75, 3.05) is 32.8 Å². The molecule has 1 saturated heterocycles. The normalized spacial score (nSPS) is 15.9. The van der Waals surface area contributed by atoms with Gasteiger partial charge in [0.05, 0.1) is 18.6 Å². The Kier molecular flexibility index (Phi) is 11.2. The zero-order valence-corrected chi connectivity index (χ0v) is 25.9. The molecule has 44 heavy (non-hydrogen) atoms. The van der Waals surface area contributed by atoms with Crippen LogP contribution in [0.1, 0.15) is 74.4 Å². The average Bonchev–Trinajstić information content (AvgIpc) is 3.02. The minimum absolute atomic E-state index is 0.0859. The number of esters is 1. The molecule has 1 amide bonds. The first kappa shape index (κ1) is 33.2. The van der Waals surface area contributed by atoms with E-state index in [0.29, 0.717) is 36.3 Å². The Bertz CT molecular complexity index is 1370. The monoisotopic (exact) mass is 608 g/mol. The molecule has 0 N–H and O–H groups in total. The number of nitrogens with zero attached hydrogens (tertiary/aromatic N) is 2. The lowest BCUT2D eigenvalue weighted by Crippen LogP contribution is -2.47. The third kappa shape index (κ3) is 8.29. The fraction of sp³-hybridized carbons (Fsp3) is 0.444. The molecule has 0 aliphatic carbocycles. The topological polar surface area (TPSA) is 49.9 Å². The molecule has 4 rings (SSSR count). The van der Waals surface area contributed by atoms with Crippen LogP contribution < -0.4 is 0 Å². The van der Waals surface area contributed by atoms with Gasteiger partial charge in [-0.15, -0.1) is 0 Å². The lowest BCUT2D eigenvalue weighted by Gasteiger charge is -2.39. The number of piperidine rings is 1. The van der Waals surface area contributed by atoms with E-state index in [4.69, 9.17) is 4.74 Å². The second-order valence-corrected chi connectivity index (χ2v) is 11.8. The standard InChI is InChI=1S/C36H43F3N2O3/c1-4-41(34(43)32-15-10-9-14-31(32)27-16-18-29(19-17-27)36(37,38)39)30-20-24-40(25-21-30)23-11-22-35(3,26-33(42)44-5-2)28-12-7-6-8-13-28/h6-10,12-19,30H,4-5,11,20-26H2,1-3H3.